The molecule has 0 unspecified atom stereocenters. The van der Waals surface area contributed by atoms with E-state index in [0.29, 0.717) is 17.4 Å². The number of para-hydroxylation sites is 1. The molecule has 19 heavy (non-hydrogen) atoms. The number of H-pyrrole nitrogens is 1. The Morgan fingerprint density at radius 1 is 1.11 bits per heavy atom. The van der Waals surface area contributed by atoms with Gasteiger partial charge < -0.3 is 9.72 Å². The first kappa shape index (κ1) is 12.1. The van der Waals surface area contributed by atoms with E-state index >= 15 is 0 Å². The molecular weight excluding hydrogens is 258 g/mol. The van der Waals surface area contributed by atoms with Crippen molar-refractivity contribution < 1.29 is 4.74 Å². The number of rotatable bonds is 3. The molecule has 3 aromatic rings. The Labute approximate surface area is 117 Å². The van der Waals surface area contributed by atoms with Crippen LogP contribution in [-0.2, 0) is 6.61 Å². The van der Waals surface area contributed by atoms with Gasteiger partial charge in [-0.25, -0.2) is 0 Å². The fourth-order valence-electron chi connectivity index (χ4n) is 2.28. The van der Waals surface area contributed by atoms with Crippen LogP contribution >= 0.6 is 11.6 Å². The molecule has 0 amide bonds. The van der Waals surface area contributed by atoms with Gasteiger partial charge in [-0.3, -0.25) is 0 Å². The van der Waals surface area contributed by atoms with Gasteiger partial charge >= 0.3 is 0 Å². The third kappa shape index (κ3) is 2.32. The standard InChI is InChI=1S/C16H14ClNO/c1-11-5-4-7-14-16(11)12(9-18-14)10-19-15-8-3-2-6-13(15)17/h2-9,18H,10H2,1H3. The molecule has 0 aliphatic carbocycles. The van der Waals surface area contributed by atoms with E-state index in [2.05, 4.69) is 24.0 Å². The van der Waals surface area contributed by atoms with Gasteiger partial charge in [0, 0.05) is 22.7 Å². The predicted molar refractivity (Wildman–Crippen MR) is 78.8 cm³/mol. The number of fused-ring (bicyclic) bond motifs is 1. The van der Waals surface area contributed by atoms with E-state index in [9.17, 15) is 0 Å². The molecule has 1 aromatic heterocycles. The maximum atomic E-state index is 6.08. The molecule has 1 N–H and O–H groups in total. The van der Waals surface area contributed by atoms with Crippen LogP contribution in [0.1, 0.15) is 11.1 Å². The molecule has 0 aliphatic heterocycles. The summed E-state index contributed by atoms with van der Waals surface area (Å²) in [5, 5.41) is 1.87. The minimum absolute atomic E-state index is 0.509. The first-order chi connectivity index (χ1) is 9.25. The maximum Gasteiger partial charge on any atom is 0.138 e. The summed E-state index contributed by atoms with van der Waals surface area (Å²) in [6, 6.07) is 13.7. The Balaban J connectivity index is 1.89. The lowest BCUT2D eigenvalue weighted by molar-refractivity contribution is 0.308. The quantitative estimate of drug-likeness (QED) is 0.733. The van der Waals surface area contributed by atoms with Crippen LogP contribution in [0.5, 0.6) is 5.75 Å². The average Bonchev–Trinajstić information content (AvgIpc) is 2.83. The molecule has 3 rings (SSSR count). The molecule has 3 heteroatoms. The van der Waals surface area contributed by atoms with E-state index in [1.165, 1.54) is 10.9 Å². The number of aromatic amines is 1. The van der Waals surface area contributed by atoms with Gasteiger partial charge in [-0.05, 0) is 30.7 Å². The molecule has 0 bridgehead atoms. The Kier molecular flexibility index (Phi) is 3.18. The van der Waals surface area contributed by atoms with E-state index in [4.69, 9.17) is 16.3 Å². The highest BCUT2D eigenvalue weighted by Gasteiger charge is 2.07. The lowest BCUT2D eigenvalue weighted by atomic mass is 10.1. The monoisotopic (exact) mass is 271 g/mol. The van der Waals surface area contributed by atoms with Crippen molar-refractivity contribution in [2.24, 2.45) is 0 Å². The zero-order valence-corrected chi connectivity index (χ0v) is 11.4. The highest BCUT2D eigenvalue weighted by Crippen LogP contribution is 2.27. The molecule has 2 nitrogen and oxygen atoms in total. The molecule has 0 fully saturated rings. The fraction of sp³-hybridized carbons (Fsp3) is 0.125. The van der Waals surface area contributed by atoms with E-state index in [-0.39, 0.29) is 0 Å². The SMILES string of the molecule is Cc1cccc2[nH]cc(COc3ccccc3Cl)c12. The molecule has 0 saturated carbocycles. The summed E-state index contributed by atoms with van der Waals surface area (Å²) in [5.74, 6) is 0.715. The Morgan fingerprint density at radius 3 is 2.79 bits per heavy atom. The normalized spacial score (nSPS) is 10.8. The zero-order valence-electron chi connectivity index (χ0n) is 10.6. The second-order valence-corrected chi connectivity index (χ2v) is 4.94. The summed E-state index contributed by atoms with van der Waals surface area (Å²) in [4.78, 5) is 3.27. The number of aromatic nitrogens is 1. The molecule has 2 aromatic carbocycles. The molecule has 0 atom stereocenters. The van der Waals surface area contributed by atoms with Crippen LogP contribution in [0.25, 0.3) is 10.9 Å². The minimum atomic E-state index is 0.509. The lowest BCUT2D eigenvalue weighted by Crippen LogP contribution is -1.95. The van der Waals surface area contributed by atoms with Crippen LogP contribution in [0.4, 0.5) is 0 Å². The van der Waals surface area contributed by atoms with E-state index in [0.717, 1.165) is 11.1 Å². The lowest BCUT2D eigenvalue weighted by Gasteiger charge is -2.07. The van der Waals surface area contributed by atoms with Crippen molar-refractivity contribution >= 4 is 22.5 Å². The van der Waals surface area contributed by atoms with Gasteiger partial charge in [0.2, 0.25) is 0 Å². The van der Waals surface area contributed by atoms with Gasteiger partial charge in [0.1, 0.15) is 12.4 Å². The number of halogens is 1. The van der Waals surface area contributed by atoms with Gasteiger partial charge in [0.05, 0.1) is 5.02 Å². The Hall–Kier alpha value is -1.93. The molecule has 0 saturated heterocycles. The van der Waals surface area contributed by atoms with Crippen molar-refractivity contribution in [3.63, 3.8) is 0 Å². The molecule has 1 heterocycles. The molecule has 0 spiro atoms. The van der Waals surface area contributed by atoms with Gasteiger partial charge in [-0.15, -0.1) is 0 Å². The number of benzene rings is 2. The smallest absolute Gasteiger partial charge is 0.138 e. The average molecular weight is 272 g/mol. The number of aryl methyl sites for hydroxylation is 1. The number of hydrogen-bond acceptors (Lipinski definition) is 1. The third-order valence-electron chi connectivity index (χ3n) is 3.22. The van der Waals surface area contributed by atoms with Crippen molar-refractivity contribution in [3.05, 3.63) is 64.8 Å². The third-order valence-corrected chi connectivity index (χ3v) is 3.53. The van der Waals surface area contributed by atoms with Crippen molar-refractivity contribution in [1.82, 2.24) is 4.98 Å². The predicted octanol–water partition coefficient (Wildman–Crippen LogP) is 4.71. The van der Waals surface area contributed by atoms with Crippen LogP contribution in [0, 0.1) is 6.92 Å². The topological polar surface area (TPSA) is 25.0 Å². The van der Waals surface area contributed by atoms with E-state index < -0.39 is 0 Å². The number of nitrogens with one attached hydrogen (secondary N) is 1. The summed E-state index contributed by atoms with van der Waals surface area (Å²) in [7, 11) is 0. The van der Waals surface area contributed by atoms with Gasteiger partial charge in [0.15, 0.2) is 0 Å². The Morgan fingerprint density at radius 2 is 1.95 bits per heavy atom. The van der Waals surface area contributed by atoms with Crippen LogP contribution in [0.3, 0.4) is 0 Å². The molecule has 96 valence electrons. The largest absolute Gasteiger partial charge is 0.487 e. The number of ether oxygens (including phenoxy) is 1. The van der Waals surface area contributed by atoms with Crippen LogP contribution in [0.15, 0.2) is 48.7 Å². The second-order valence-electron chi connectivity index (χ2n) is 4.53. The first-order valence-corrected chi connectivity index (χ1v) is 6.56. The zero-order chi connectivity index (χ0) is 13.2. The summed E-state index contributed by atoms with van der Waals surface area (Å²) in [6.45, 7) is 2.61. The fourth-order valence-corrected chi connectivity index (χ4v) is 2.47. The van der Waals surface area contributed by atoms with Crippen molar-refractivity contribution in [2.45, 2.75) is 13.5 Å². The van der Waals surface area contributed by atoms with Crippen LogP contribution in [0.2, 0.25) is 5.02 Å². The summed E-state index contributed by atoms with van der Waals surface area (Å²) in [5.41, 5.74) is 3.53. The van der Waals surface area contributed by atoms with E-state index in [1.807, 2.05) is 36.5 Å². The molecule has 0 aliphatic rings. The summed E-state index contributed by atoms with van der Waals surface area (Å²) >= 11 is 6.08. The van der Waals surface area contributed by atoms with Gasteiger partial charge in [-0.2, -0.15) is 0 Å². The highest BCUT2D eigenvalue weighted by molar-refractivity contribution is 6.32. The Bertz CT molecular complexity index is 718. The van der Waals surface area contributed by atoms with Gasteiger partial charge in [-0.1, -0.05) is 35.9 Å². The first-order valence-electron chi connectivity index (χ1n) is 6.18. The highest BCUT2D eigenvalue weighted by atomic mass is 35.5. The van der Waals surface area contributed by atoms with Crippen LogP contribution < -0.4 is 4.74 Å². The van der Waals surface area contributed by atoms with Crippen molar-refractivity contribution in [3.8, 4) is 5.75 Å². The summed E-state index contributed by atoms with van der Waals surface area (Å²) < 4.78 is 5.79. The minimum Gasteiger partial charge on any atom is -0.487 e. The maximum absolute atomic E-state index is 6.08. The molecular formula is C16H14ClNO. The van der Waals surface area contributed by atoms with Crippen LogP contribution in [-0.4, -0.2) is 4.98 Å². The molecule has 0 radical (unpaired) electrons. The van der Waals surface area contributed by atoms with Gasteiger partial charge in [0.25, 0.3) is 0 Å². The number of hydrogen-bond donors (Lipinski definition) is 1. The van der Waals surface area contributed by atoms with Crippen molar-refractivity contribution in [2.75, 3.05) is 0 Å². The second kappa shape index (κ2) is 4.98. The summed E-state index contributed by atoms with van der Waals surface area (Å²) in [6.07, 6.45) is 1.99. The van der Waals surface area contributed by atoms with Crippen molar-refractivity contribution in [1.29, 1.82) is 0 Å². The van der Waals surface area contributed by atoms with E-state index in [1.54, 1.807) is 0 Å².